The molecule has 0 heterocycles. The van der Waals surface area contributed by atoms with Gasteiger partial charge in [0.15, 0.2) is 0 Å². The molecule has 1 aliphatic rings. The molecule has 0 aromatic heterocycles. The zero-order valence-electron chi connectivity index (χ0n) is 24.5. The molecule has 0 atom stereocenters. The van der Waals surface area contributed by atoms with Crippen LogP contribution in [0.5, 0.6) is 0 Å². The van der Waals surface area contributed by atoms with Gasteiger partial charge in [-0.15, -0.1) is 0 Å². The van der Waals surface area contributed by atoms with Crippen molar-refractivity contribution in [1.82, 2.24) is 0 Å². The van der Waals surface area contributed by atoms with E-state index in [2.05, 4.69) is 49.6 Å². The zero-order chi connectivity index (χ0) is 29.8. The molecule has 0 radical (unpaired) electrons. The van der Waals surface area contributed by atoms with E-state index in [4.69, 9.17) is 22.0 Å². The van der Waals surface area contributed by atoms with Gasteiger partial charge in [-0.1, -0.05) is 103 Å². The molecule has 0 saturated carbocycles. The number of nitrogens with two attached hydrogens (primary N) is 2. The summed E-state index contributed by atoms with van der Waals surface area (Å²) >= 11 is 0. The summed E-state index contributed by atoms with van der Waals surface area (Å²) in [6, 6.07) is 28.1. The number of hydrogen-bond acceptors (Lipinski definition) is 4. The Morgan fingerprint density at radius 2 is 0.872 bits per heavy atom. The van der Waals surface area contributed by atoms with Crippen molar-refractivity contribution in [2.24, 2.45) is 11.5 Å². The molecule has 39 heavy (non-hydrogen) atoms. The summed E-state index contributed by atoms with van der Waals surface area (Å²) in [5.41, 5.74) is 15.5. The van der Waals surface area contributed by atoms with Crippen molar-refractivity contribution < 1.29 is 0 Å². The average molecular weight is 521 g/mol. The first kappa shape index (κ1) is 34.8. The normalized spacial score (nSPS) is 10.2. The number of rotatable bonds is 0. The third kappa shape index (κ3) is 10.2. The molecule has 0 saturated heterocycles. The molecular formula is C35H44N4. The van der Waals surface area contributed by atoms with Crippen LogP contribution in [0.15, 0.2) is 86.0 Å². The van der Waals surface area contributed by atoms with Crippen molar-refractivity contribution in [3.05, 3.63) is 108 Å². The van der Waals surface area contributed by atoms with Crippen LogP contribution in [0.4, 0.5) is 0 Å². The molecule has 1 aliphatic carbocycles. The Bertz CT molecular complexity index is 1310. The van der Waals surface area contributed by atoms with Gasteiger partial charge < -0.3 is 11.5 Å². The van der Waals surface area contributed by atoms with Crippen LogP contribution >= 0.6 is 0 Å². The fraction of sp³-hybridized carbons (Fsp3) is 0.257. The summed E-state index contributed by atoms with van der Waals surface area (Å²) in [6.07, 6.45) is 0.922. The number of hydrogen-bond donors (Lipinski definition) is 2. The highest BCUT2D eigenvalue weighted by Gasteiger charge is 2.18. The van der Waals surface area contributed by atoms with Crippen LogP contribution in [0, 0.1) is 22.7 Å². The Kier molecular flexibility index (Phi) is 17.7. The van der Waals surface area contributed by atoms with Crippen molar-refractivity contribution in [1.29, 1.82) is 10.5 Å². The lowest BCUT2D eigenvalue weighted by atomic mass is 10.0. The summed E-state index contributed by atoms with van der Waals surface area (Å²) in [7, 11) is 0. The van der Waals surface area contributed by atoms with E-state index in [0.717, 1.165) is 30.3 Å². The van der Waals surface area contributed by atoms with E-state index in [1.165, 1.54) is 33.0 Å². The van der Waals surface area contributed by atoms with E-state index < -0.39 is 0 Å². The Balaban J connectivity index is 0.000000560. The highest BCUT2D eigenvalue weighted by atomic mass is 14.5. The maximum absolute atomic E-state index is 8.81. The van der Waals surface area contributed by atoms with Crippen molar-refractivity contribution in [2.75, 3.05) is 13.1 Å². The van der Waals surface area contributed by atoms with Crippen LogP contribution in [-0.2, 0) is 0 Å². The average Bonchev–Trinajstić information content (AvgIpc) is 3.26. The number of benzene rings is 4. The maximum atomic E-state index is 8.81. The minimum Gasteiger partial charge on any atom is -0.331 e. The van der Waals surface area contributed by atoms with Crippen molar-refractivity contribution >= 4 is 32.7 Å². The number of allylic oxidation sites excluding steroid dienone is 2. The lowest BCUT2D eigenvalue weighted by molar-refractivity contribution is 1.14. The lowest BCUT2D eigenvalue weighted by Crippen LogP contribution is -1.87. The summed E-state index contributed by atoms with van der Waals surface area (Å²) in [5.74, 6) is 0. The standard InChI is InChI=1S/C15H12.C12H6N2.2C2H7N.2C2H6/c1-10-7-11(2)15-9-13-6-4-3-5-12(13)8-14(10)15;13-7-11-5-9-3-1-2-4-10(9)6-12(11)8-14;2*1-2-3;2*1-2/h3-6,8-9H,1-2,7H2;1-6H;2*2-3H2,1H3;2*1-2H3. The molecule has 0 aliphatic heterocycles. The van der Waals surface area contributed by atoms with Gasteiger partial charge in [0.05, 0.1) is 11.1 Å². The minimum absolute atomic E-state index is 0.436. The molecular weight excluding hydrogens is 476 g/mol. The Morgan fingerprint density at radius 3 is 1.13 bits per heavy atom. The van der Waals surface area contributed by atoms with Crippen molar-refractivity contribution in [3.63, 3.8) is 0 Å². The van der Waals surface area contributed by atoms with Gasteiger partial charge in [-0.25, -0.2) is 0 Å². The van der Waals surface area contributed by atoms with Crippen LogP contribution in [0.25, 0.3) is 32.7 Å². The molecule has 5 rings (SSSR count). The largest absolute Gasteiger partial charge is 0.331 e. The summed E-state index contributed by atoms with van der Waals surface area (Å²) in [5, 5.41) is 22.2. The predicted octanol–water partition coefficient (Wildman–Crippen LogP) is 8.84. The molecule has 4 aromatic rings. The Morgan fingerprint density at radius 1 is 0.615 bits per heavy atom. The monoisotopic (exact) mass is 520 g/mol. The fourth-order valence-electron chi connectivity index (χ4n) is 3.70. The van der Waals surface area contributed by atoms with Gasteiger partial charge in [-0.2, -0.15) is 10.5 Å². The number of nitrogens with zero attached hydrogens (tertiary/aromatic N) is 2. The highest BCUT2D eigenvalue weighted by molar-refractivity contribution is 5.98. The van der Waals surface area contributed by atoms with Gasteiger partial charge in [-0.05, 0) is 87.6 Å². The summed E-state index contributed by atoms with van der Waals surface area (Å²) in [4.78, 5) is 0. The van der Waals surface area contributed by atoms with Crippen LogP contribution in [0.1, 0.15) is 70.2 Å². The van der Waals surface area contributed by atoms with Crippen LogP contribution in [-0.4, -0.2) is 13.1 Å². The first-order valence-electron chi connectivity index (χ1n) is 13.6. The van der Waals surface area contributed by atoms with Gasteiger partial charge in [0.25, 0.3) is 0 Å². The van der Waals surface area contributed by atoms with Crippen LogP contribution < -0.4 is 11.5 Å². The molecule has 4 aromatic carbocycles. The third-order valence-electron chi connectivity index (χ3n) is 5.20. The van der Waals surface area contributed by atoms with Gasteiger partial charge in [0.1, 0.15) is 12.1 Å². The fourth-order valence-corrected chi connectivity index (χ4v) is 3.70. The third-order valence-corrected chi connectivity index (χ3v) is 5.20. The highest BCUT2D eigenvalue weighted by Crippen LogP contribution is 2.40. The second kappa shape index (κ2) is 19.8. The van der Waals surface area contributed by atoms with Crippen LogP contribution in [0.3, 0.4) is 0 Å². The maximum Gasteiger partial charge on any atom is 0.101 e. The van der Waals surface area contributed by atoms with Gasteiger partial charge in [0, 0.05) is 0 Å². The minimum atomic E-state index is 0.436. The van der Waals surface area contributed by atoms with Crippen molar-refractivity contribution in [3.8, 4) is 12.1 Å². The Labute approximate surface area is 235 Å². The Hall–Kier alpha value is -4.22. The molecule has 4 heteroatoms. The van der Waals surface area contributed by atoms with E-state index in [1.807, 2.05) is 77.9 Å². The first-order valence-corrected chi connectivity index (χ1v) is 13.6. The molecule has 0 fully saturated rings. The summed E-state index contributed by atoms with van der Waals surface area (Å²) < 4.78 is 0. The molecule has 0 spiro atoms. The quantitative estimate of drug-likeness (QED) is 0.242. The summed E-state index contributed by atoms with van der Waals surface area (Å²) in [6.45, 7) is 21.5. The van der Waals surface area contributed by atoms with E-state index in [0.29, 0.717) is 11.1 Å². The van der Waals surface area contributed by atoms with Gasteiger partial charge >= 0.3 is 0 Å². The smallest absolute Gasteiger partial charge is 0.101 e. The SMILES string of the molecule is C=C1CC(=C)c2cc3ccccc3cc21.CC.CC.CCN.CCN.N#Cc1cc2ccccc2cc1C#N. The van der Waals surface area contributed by atoms with E-state index >= 15 is 0 Å². The zero-order valence-corrected chi connectivity index (χ0v) is 24.5. The van der Waals surface area contributed by atoms with E-state index in [1.54, 1.807) is 12.1 Å². The second-order valence-electron chi connectivity index (χ2n) is 7.91. The molecule has 4 N–H and O–H groups in total. The molecule has 204 valence electrons. The van der Waals surface area contributed by atoms with Gasteiger partial charge in [-0.3, -0.25) is 0 Å². The van der Waals surface area contributed by atoms with Crippen LogP contribution in [0.2, 0.25) is 0 Å². The lowest BCUT2D eigenvalue weighted by Gasteiger charge is -2.03. The molecule has 0 unspecified atom stereocenters. The van der Waals surface area contributed by atoms with E-state index in [-0.39, 0.29) is 0 Å². The van der Waals surface area contributed by atoms with E-state index in [9.17, 15) is 0 Å². The van der Waals surface area contributed by atoms with Crippen molar-refractivity contribution in [2.45, 2.75) is 48.0 Å². The molecule has 4 nitrogen and oxygen atoms in total. The number of nitriles is 2. The first-order chi connectivity index (χ1) is 18.9. The van der Waals surface area contributed by atoms with Gasteiger partial charge in [0.2, 0.25) is 0 Å². The number of fused-ring (bicyclic) bond motifs is 3. The molecule has 0 bridgehead atoms. The molecule has 0 amide bonds. The predicted molar refractivity (Wildman–Crippen MR) is 172 cm³/mol. The topological polar surface area (TPSA) is 99.6 Å². The second-order valence-corrected chi connectivity index (χ2v) is 7.91.